The fraction of sp³-hybridized carbons (Fsp3) is 0.517. The number of ketones is 1. The topological polar surface area (TPSA) is 161 Å². The van der Waals surface area contributed by atoms with Crippen LogP contribution in [-0.4, -0.2) is 62.6 Å². The molecule has 0 spiro atoms. The van der Waals surface area contributed by atoms with Crippen molar-refractivity contribution >= 4 is 39.0 Å². The number of nitrogens with zero attached hydrogens (tertiary/aromatic N) is 5. The Balaban J connectivity index is 1.14. The monoisotopic (exact) mass is 592 g/mol. The molecule has 42 heavy (non-hydrogen) atoms. The van der Waals surface area contributed by atoms with Gasteiger partial charge in [-0.05, 0) is 69.3 Å². The van der Waals surface area contributed by atoms with Crippen molar-refractivity contribution in [2.75, 3.05) is 23.7 Å². The van der Waals surface area contributed by atoms with Gasteiger partial charge < -0.3 is 16.0 Å². The van der Waals surface area contributed by atoms with Gasteiger partial charge in [0.15, 0.2) is 11.6 Å². The molecule has 0 saturated heterocycles. The molecule has 3 aromatic rings. The van der Waals surface area contributed by atoms with Crippen molar-refractivity contribution in [3.05, 3.63) is 42.5 Å². The molecule has 0 bridgehead atoms. The molecular weight excluding hydrogens is 556 g/mol. The second-order valence-corrected chi connectivity index (χ2v) is 13.8. The number of Topliss-reactive ketones (excluding diaryl/α,β-unsaturated/α-hetero) is 1. The summed E-state index contributed by atoms with van der Waals surface area (Å²) in [4.78, 5) is 37.6. The standard InChI is InChI=1S/C29H36N8O4S/c1-18(38)31-13-19-2-4-20(5-3-19)14-32-25-12-27(33-16-24(25)28(39)21-6-7-21)35-26-10-11-30-29(36-26)22-15-34-37(17-22)42(40,41)23-8-9-23/h10-12,15-17,19-21,23H,2-9,13-14H2,1H3,(H,31,38)(H2,30,32,33,35,36). The molecule has 3 saturated carbocycles. The zero-order valence-electron chi connectivity index (χ0n) is 23.6. The number of rotatable bonds is 12. The van der Waals surface area contributed by atoms with Crippen LogP contribution in [0, 0.1) is 17.8 Å². The number of nitrogens with one attached hydrogen (secondary N) is 3. The van der Waals surface area contributed by atoms with E-state index in [0.717, 1.165) is 61.4 Å². The predicted molar refractivity (Wildman–Crippen MR) is 158 cm³/mol. The van der Waals surface area contributed by atoms with Gasteiger partial charge in [-0.2, -0.15) is 9.19 Å². The van der Waals surface area contributed by atoms with Gasteiger partial charge in [0.1, 0.15) is 11.6 Å². The molecule has 0 radical (unpaired) electrons. The molecule has 13 heteroatoms. The number of carbonyl (C=O) groups is 2. The third-order valence-electron chi connectivity index (χ3n) is 8.24. The first-order valence-electron chi connectivity index (χ1n) is 14.7. The van der Waals surface area contributed by atoms with Crippen LogP contribution >= 0.6 is 0 Å². The van der Waals surface area contributed by atoms with E-state index in [4.69, 9.17) is 0 Å². The number of hydrogen-bond acceptors (Lipinski definition) is 10. The summed E-state index contributed by atoms with van der Waals surface area (Å²) in [5, 5.41) is 13.3. The Morgan fingerprint density at radius 1 is 0.952 bits per heavy atom. The van der Waals surface area contributed by atoms with Crippen molar-refractivity contribution in [3.63, 3.8) is 0 Å². The van der Waals surface area contributed by atoms with Crippen molar-refractivity contribution in [3.8, 4) is 11.4 Å². The lowest BCUT2D eigenvalue weighted by Gasteiger charge is -2.29. The first-order valence-corrected chi connectivity index (χ1v) is 16.2. The number of aromatic nitrogens is 5. The van der Waals surface area contributed by atoms with Crippen molar-refractivity contribution in [2.24, 2.45) is 17.8 Å². The van der Waals surface area contributed by atoms with Gasteiger partial charge in [-0.15, -0.1) is 0 Å². The van der Waals surface area contributed by atoms with Gasteiger partial charge in [0.25, 0.3) is 10.0 Å². The number of carbonyl (C=O) groups excluding carboxylic acids is 2. The average Bonchev–Trinajstić information content (AvgIpc) is 3.93. The summed E-state index contributed by atoms with van der Waals surface area (Å²) in [6.07, 6.45) is 13.5. The van der Waals surface area contributed by atoms with Gasteiger partial charge in [0, 0.05) is 44.4 Å². The molecule has 3 aliphatic carbocycles. The van der Waals surface area contributed by atoms with Crippen LogP contribution in [0.3, 0.4) is 0 Å². The fourth-order valence-electron chi connectivity index (χ4n) is 5.39. The summed E-state index contributed by atoms with van der Waals surface area (Å²) in [5.74, 6) is 2.57. The second kappa shape index (κ2) is 11.8. The van der Waals surface area contributed by atoms with E-state index in [9.17, 15) is 18.0 Å². The van der Waals surface area contributed by atoms with E-state index in [0.29, 0.717) is 53.3 Å². The molecule has 3 aromatic heterocycles. The van der Waals surface area contributed by atoms with E-state index in [2.05, 4.69) is 36.0 Å². The Labute approximate surface area is 245 Å². The molecule has 0 atom stereocenters. The average molecular weight is 593 g/mol. The number of anilines is 3. The SMILES string of the molecule is CC(=O)NCC1CCC(CNc2cc(Nc3ccnc(-c4cnn(S(=O)(=O)C5CC5)c4)n3)ncc2C(=O)C2CC2)CC1. The lowest BCUT2D eigenvalue weighted by Crippen LogP contribution is -2.30. The number of pyridine rings is 1. The minimum Gasteiger partial charge on any atom is -0.384 e. The van der Waals surface area contributed by atoms with Crippen LogP contribution in [-0.2, 0) is 14.8 Å². The zero-order valence-corrected chi connectivity index (χ0v) is 24.4. The third kappa shape index (κ3) is 6.61. The van der Waals surface area contributed by atoms with Crippen LogP contribution in [0.4, 0.5) is 17.3 Å². The largest absolute Gasteiger partial charge is 0.384 e. The van der Waals surface area contributed by atoms with Crippen molar-refractivity contribution < 1.29 is 18.0 Å². The quantitative estimate of drug-likeness (QED) is 0.264. The minimum absolute atomic E-state index is 0.0161. The molecule has 222 valence electrons. The molecule has 0 aliphatic heterocycles. The molecule has 1 amide bonds. The fourth-order valence-corrected chi connectivity index (χ4v) is 6.87. The van der Waals surface area contributed by atoms with E-state index >= 15 is 0 Å². The number of amides is 1. The Bertz CT molecular complexity index is 1570. The third-order valence-corrected chi connectivity index (χ3v) is 10.3. The molecule has 12 nitrogen and oxygen atoms in total. The highest BCUT2D eigenvalue weighted by Crippen LogP contribution is 2.36. The first-order chi connectivity index (χ1) is 20.3. The normalized spacial score (nSPS) is 20.6. The Hall–Kier alpha value is -3.87. The van der Waals surface area contributed by atoms with Crippen LogP contribution in [0.25, 0.3) is 11.4 Å². The molecule has 6 rings (SSSR count). The maximum atomic E-state index is 13.0. The summed E-state index contributed by atoms with van der Waals surface area (Å²) in [6.45, 7) is 3.05. The van der Waals surface area contributed by atoms with Gasteiger partial charge >= 0.3 is 0 Å². The van der Waals surface area contributed by atoms with Gasteiger partial charge in [-0.3, -0.25) is 9.59 Å². The minimum atomic E-state index is -3.48. The maximum absolute atomic E-state index is 13.0. The molecular formula is C29H36N8O4S. The van der Waals surface area contributed by atoms with Crippen molar-refractivity contribution in [2.45, 2.75) is 63.5 Å². The summed E-state index contributed by atoms with van der Waals surface area (Å²) < 4.78 is 26.0. The summed E-state index contributed by atoms with van der Waals surface area (Å²) in [5.41, 5.74) is 1.86. The van der Waals surface area contributed by atoms with Crippen LogP contribution in [0.1, 0.15) is 68.6 Å². The van der Waals surface area contributed by atoms with Gasteiger partial charge in [-0.25, -0.2) is 23.4 Å². The molecule has 0 aromatic carbocycles. The predicted octanol–water partition coefficient (Wildman–Crippen LogP) is 3.77. The van der Waals surface area contributed by atoms with E-state index in [-0.39, 0.29) is 22.9 Å². The Kier molecular flexibility index (Phi) is 7.93. The molecule has 3 N–H and O–H groups in total. The van der Waals surface area contributed by atoms with Crippen LogP contribution in [0.5, 0.6) is 0 Å². The van der Waals surface area contributed by atoms with Crippen LogP contribution in [0.15, 0.2) is 36.9 Å². The molecule has 0 unspecified atom stereocenters. The number of hydrogen-bond donors (Lipinski definition) is 3. The smallest absolute Gasteiger partial charge is 0.256 e. The van der Waals surface area contributed by atoms with Crippen molar-refractivity contribution in [1.29, 1.82) is 0 Å². The molecule has 3 fully saturated rings. The highest BCUT2D eigenvalue weighted by Gasteiger charge is 2.38. The summed E-state index contributed by atoms with van der Waals surface area (Å²) >= 11 is 0. The lowest BCUT2D eigenvalue weighted by atomic mass is 9.82. The van der Waals surface area contributed by atoms with E-state index in [1.165, 1.54) is 12.4 Å². The van der Waals surface area contributed by atoms with E-state index in [1.807, 2.05) is 6.07 Å². The van der Waals surface area contributed by atoms with Gasteiger partial charge in [0.2, 0.25) is 5.91 Å². The zero-order chi connectivity index (χ0) is 29.3. The highest BCUT2D eigenvalue weighted by molar-refractivity contribution is 7.90. The second-order valence-electron chi connectivity index (χ2n) is 11.7. The summed E-state index contributed by atoms with van der Waals surface area (Å²) in [7, 11) is -3.48. The highest BCUT2D eigenvalue weighted by atomic mass is 32.2. The van der Waals surface area contributed by atoms with E-state index in [1.54, 1.807) is 25.4 Å². The van der Waals surface area contributed by atoms with Crippen molar-refractivity contribution in [1.82, 2.24) is 29.5 Å². The van der Waals surface area contributed by atoms with Gasteiger partial charge in [0.05, 0.1) is 34.5 Å². The van der Waals surface area contributed by atoms with E-state index < -0.39 is 10.0 Å². The molecule has 3 heterocycles. The van der Waals surface area contributed by atoms with Gasteiger partial charge in [-0.1, -0.05) is 0 Å². The lowest BCUT2D eigenvalue weighted by molar-refractivity contribution is -0.119. The van der Waals surface area contributed by atoms with Crippen LogP contribution in [0.2, 0.25) is 0 Å². The Morgan fingerprint density at radius 3 is 2.38 bits per heavy atom. The Morgan fingerprint density at radius 2 is 1.69 bits per heavy atom. The maximum Gasteiger partial charge on any atom is 0.256 e. The first kappa shape index (κ1) is 28.3. The molecule has 3 aliphatic rings. The summed E-state index contributed by atoms with van der Waals surface area (Å²) in [6, 6.07) is 3.55. The van der Waals surface area contributed by atoms with Crippen LogP contribution < -0.4 is 16.0 Å².